The Morgan fingerprint density at radius 3 is 2.61 bits per heavy atom. The minimum Gasteiger partial charge on any atom is -0.492 e. The molecule has 2 N–H and O–H groups in total. The maximum Gasteiger partial charge on any atom is 0.255 e. The summed E-state index contributed by atoms with van der Waals surface area (Å²) in [7, 11) is 0. The van der Waals surface area contributed by atoms with Gasteiger partial charge in [0.1, 0.15) is 12.4 Å². The van der Waals surface area contributed by atoms with Crippen molar-refractivity contribution in [2.24, 2.45) is 5.92 Å². The monoisotopic (exact) mass is 434 g/mol. The smallest absolute Gasteiger partial charge is 0.255 e. The third kappa shape index (κ3) is 5.06. The summed E-state index contributed by atoms with van der Waals surface area (Å²) >= 11 is 5.97. The van der Waals surface area contributed by atoms with Gasteiger partial charge in [0.2, 0.25) is 5.91 Å². The quantitative estimate of drug-likeness (QED) is 0.592. The Bertz CT molecular complexity index is 1100. The number of carbonyl (C=O) groups is 2. The summed E-state index contributed by atoms with van der Waals surface area (Å²) in [5.74, 6) is 0.152. The fraction of sp³-hybridized carbons (Fsp3) is 0.200. The molecule has 2 atom stereocenters. The molecule has 3 aromatic rings. The van der Waals surface area contributed by atoms with E-state index < -0.39 is 0 Å². The fourth-order valence-electron chi connectivity index (χ4n) is 3.63. The molecular formula is C25H23ClN2O3. The molecule has 3 aromatic carbocycles. The lowest BCUT2D eigenvalue weighted by Gasteiger charge is -2.26. The normalized spacial score (nSPS) is 15.9. The number of anilines is 1. The molecule has 0 unspecified atom stereocenters. The Morgan fingerprint density at radius 2 is 1.84 bits per heavy atom. The van der Waals surface area contributed by atoms with Crippen LogP contribution in [0.1, 0.15) is 34.5 Å². The Kier molecular flexibility index (Phi) is 6.23. The zero-order valence-corrected chi connectivity index (χ0v) is 17.9. The summed E-state index contributed by atoms with van der Waals surface area (Å²) in [6, 6.07) is 22.0. The highest BCUT2D eigenvalue weighted by Crippen LogP contribution is 2.30. The van der Waals surface area contributed by atoms with Gasteiger partial charge in [-0.05, 0) is 60.9 Å². The number of rotatable bonds is 5. The summed E-state index contributed by atoms with van der Waals surface area (Å²) in [6.45, 7) is 2.29. The van der Waals surface area contributed by atoms with E-state index in [1.54, 1.807) is 30.3 Å². The van der Waals surface area contributed by atoms with Crippen LogP contribution in [0.5, 0.6) is 5.75 Å². The number of benzene rings is 3. The molecule has 6 heteroatoms. The van der Waals surface area contributed by atoms with Gasteiger partial charge in [-0.15, -0.1) is 0 Å². The van der Waals surface area contributed by atoms with Crippen LogP contribution in [0.2, 0.25) is 5.02 Å². The molecule has 2 amide bonds. The van der Waals surface area contributed by atoms with Crippen LogP contribution in [0.25, 0.3) is 0 Å². The topological polar surface area (TPSA) is 67.4 Å². The maximum atomic E-state index is 12.8. The van der Waals surface area contributed by atoms with Crippen molar-refractivity contribution in [3.8, 4) is 5.75 Å². The zero-order chi connectivity index (χ0) is 21.8. The van der Waals surface area contributed by atoms with Crippen LogP contribution in [0.15, 0.2) is 72.8 Å². The predicted molar refractivity (Wildman–Crippen MR) is 122 cm³/mol. The van der Waals surface area contributed by atoms with E-state index in [-0.39, 0.29) is 23.8 Å². The van der Waals surface area contributed by atoms with Crippen molar-refractivity contribution in [1.29, 1.82) is 0 Å². The summed E-state index contributed by atoms with van der Waals surface area (Å²) in [4.78, 5) is 25.3. The standard InChI is InChI=1S/C25H23ClN2O3/c1-16(17-6-3-2-4-7-17)27-25(30)20-12-19-14-22(10-11-23(19)31-15-20)28-24(29)18-8-5-9-21(26)13-18/h2-11,13-14,16,20H,12,15H2,1H3,(H,27,30)(H,28,29)/t16-,20+/m1/s1. The summed E-state index contributed by atoms with van der Waals surface area (Å²) in [6.07, 6.45) is 0.545. The van der Waals surface area contributed by atoms with Gasteiger partial charge in [0.15, 0.2) is 0 Å². The number of hydrogen-bond donors (Lipinski definition) is 2. The van der Waals surface area contributed by atoms with Crippen molar-refractivity contribution in [1.82, 2.24) is 5.32 Å². The summed E-state index contributed by atoms with van der Waals surface area (Å²) in [5, 5.41) is 6.45. The number of hydrogen-bond acceptors (Lipinski definition) is 3. The van der Waals surface area contributed by atoms with Gasteiger partial charge in [-0.2, -0.15) is 0 Å². The molecule has 0 radical (unpaired) electrons. The van der Waals surface area contributed by atoms with Gasteiger partial charge in [0.25, 0.3) is 5.91 Å². The Labute approximate surface area is 186 Å². The number of ether oxygens (including phenoxy) is 1. The van der Waals surface area contributed by atoms with Crippen molar-refractivity contribution < 1.29 is 14.3 Å². The molecule has 1 aliphatic rings. The number of amides is 2. The first kappa shape index (κ1) is 20.9. The van der Waals surface area contributed by atoms with E-state index in [0.29, 0.717) is 29.3 Å². The lowest BCUT2D eigenvalue weighted by atomic mass is 9.95. The molecule has 0 saturated carbocycles. The number of halogens is 1. The zero-order valence-electron chi connectivity index (χ0n) is 17.1. The van der Waals surface area contributed by atoms with Crippen molar-refractivity contribution in [2.75, 3.05) is 11.9 Å². The predicted octanol–water partition coefficient (Wildman–Crippen LogP) is 5.02. The molecule has 5 nitrogen and oxygen atoms in total. The first-order chi connectivity index (χ1) is 15.0. The van der Waals surface area contributed by atoms with Crippen molar-refractivity contribution >= 4 is 29.1 Å². The Balaban J connectivity index is 1.42. The second-order valence-corrected chi connectivity index (χ2v) is 8.08. The number of fused-ring (bicyclic) bond motifs is 1. The van der Waals surface area contributed by atoms with Crippen molar-refractivity contribution in [3.05, 3.63) is 94.5 Å². The molecule has 31 heavy (non-hydrogen) atoms. The van der Waals surface area contributed by atoms with E-state index in [1.165, 1.54) is 0 Å². The highest BCUT2D eigenvalue weighted by molar-refractivity contribution is 6.31. The Hall–Kier alpha value is -3.31. The largest absolute Gasteiger partial charge is 0.492 e. The van der Waals surface area contributed by atoms with E-state index in [1.807, 2.05) is 49.4 Å². The average Bonchev–Trinajstić information content (AvgIpc) is 2.79. The van der Waals surface area contributed by atoms with Gasteiger partial charge in [-0.3, -0.25) is 9.59 Å². The van der Waals surface area contributed by atoms with Crippen LogP contribution >= 0.6 is 11.6 Å². The van der Waals surface area contributed by atoms with Crippen LogP contribution in [-0.2, 0) is 11.2 Å². The lowest BCUT2D eigenvalue weighted by Crippen LogP contribution is -2.38. The molecule has 0 aliphatic carbocycles. The highest BCUT2D eigenvalue weighted by atomic mass is 35.5. The van der Waals surface area contributed by atoms with Gasteiger partial charge in [-0.1, -0.05) is 48.0 Å². The van der Waals surface area contributed by atoms with E-state index in [0.717, 1.165) is 16.9 Å². The molecule has 158 valence electrons. The van der Waals surface area contributed by atoms with Crippen LogP contribution < -0.4 is 15.4 Å². The van der Waals surface area contributed by atoms with Gasteiger partial charge >= 0.3 is 0 Å². The van der Waals surface area contributed by atoms with Crippen LogP contribution in [0.3, 0.4) is 0 Å². The van der Waals surface area contributed by atoms with E-state index in [4.69, 9.17) is 16.3 Å². The first-order valence-corrected chi connectivity index (χ1v) is 10.6. The third-order valence-corrected chi connectivity index (χ3v) is 5.58. The van der Waals surface area contributed by atoms with E-state index >= 15 is 0 Å². The first-order valence-electron chi connectivity index (χ1n) is 10.2. The van der Waals surface area contributed by atoms with E-state index in [2.05, 4.69) is 10.6 Å². The molecule has 4 rings (SSSR count). The molecule has 0 fully saturated rings. The molecule has 0 bridgehead atoms. The maximum absolute atomic E-state index is 12.8. The minimum atomic E-state index is -0.294. The van der Waals surface area contributed by atoms with Crippen LogP contribution in [0, 0.1) is 5.92 Å². The molecule has 1 heterocycles. The second kappa shape index (κ2) is 9.23. The van der Waals surface area contributed by atoms with Gasteiger partial charge in [0, 0.05) is 16.3 Å². The molecule has 0 spiro atoms. The minimum absolute atomic E-state index is 0.0460. The van der Waals surface area contributed by atoms with Gasteiger partial charge < -0.3 is 15.4 Å². The van der Waals surface area contributed by atoms with Crippen LogP contribution in [0.4, 0.5) is 5.69 Å². The van der Waals surface area contributed by atoms with Gasteiger partial charge in [-0.25, -0.2) is 0 Å². The highest BCUT2D eigenvalue weighted by Gasteiger charge is 2.27. The Morgan fingerprint density at radius 1 is 1.03 bits per heavy atom. The van der Waals surface area contributed by atoms with Gasteiger partial charge in [0.05, 0.1) is 12.0 Å². The summed E-state index contributed by atoms with van der Waals surface area (Å²) in [5.41, 5.74) is 3.07. The number of carbonyl (C=O) groups excluding carboxylic acids is 2. The SMILES string of the molecule is C[C@@H](NC(=O)[C@@H]1COc2ccc(NC(=O)c3cccc(Cl)c3)cc2C1)c1ccccc1. The second-order valence-electron chi connectivity index (χ2n) is 7.64. The third-order valence-electron chi connectivity index (χ3n) is 5.34. The molecular weight excluding hydrogens is 412 g/mol. The summed E-state index contributed by atoms with van der Waals surface area (Å²) < 4.78 is 5.81. The van der Waals surface area contributed by atoms with E-state index in [9.17, 15) is 9.59 Å². The van der Waals surface area contributed by atoms with Crippen LogP contribution in [-0.4, -0.2) is 18.4 Å². The average molecular weight is 435 g/mol. The molecule has 0 saturated heterocycles. The molecule has 0 aromatic heterocycles. The fourth-order valence-corrected chi connectivity index (χ4v) is 3.82. The molecule has 1 aliphatic heterocycles. The van der Waals surface area contributed by atoms with Crippen molar-refractivity contribution in [2.45, 2.75) is 19.4 Å². The lowest BCUT2D eigenvalue weighted by molar-refractivity contribution is -0.126. The van der Waals surface area contributed by atoms with Crippen molar-refractivity contribution in [3.63, 3.8) is 0 Å². The number of nitrogens with one attached hydrogen (secondary N) is 2.